The number of fused-ring (bicyclic) bond motifs is 1. The van der Waals surface area contributed by atoms with Crippen molar-refractivity contribution in [3.05, 3.63) is 54.6 Å². The highest BCUT2D eigenvalue weighted by molar-refractivity contribution is 5.93. The third kappa shape index (κ3) is 1.70. The molecule has 2 heteroatoms. The van der Waals surface area contributed by atoms with Crippen molar-refractivity contribution in [3.63, 3.8) is 0 Å². The predicted octanol–water partition coefficient (Wildman–Crippen LogP) is 4.28. The van der Waals surface area contributed by atoms with Crippen molar-refractivity contribution in [1.82, 2.24) is 9.78 Å². The maximum Gasteiger partial charge on any atom is 0.100 e. The first-order valence-corrected chi connectivity index (χ1v) is 6.30. The number of para-hydroxylation sites is 1. The van der Waals surface area contributed by atoms with Crippen LogP contribution in [0.4, 0.5) is 0 Å². The summed E-state index contributed by atoms with van der Waals surface area (Å²) in [6.45, 7) is 4.32. The number of aromatic nitrogens is 2. The lowest BCUT2D eigenvalue weighted by atomic mass is 10.1. The minimum Gasteiger partial charge on any atom is -0.262 e. The van der Waals surface area contributed by atoms with E-state index in [1.165, 1.54) is 16.5 Å². The van der Waals surface area contributed by atoms with E-state index in [1.807, 2.05) is 6.07 Å². The number of hydrogen-bond acceptors (Lipinski definition) is 1. The van der Waals surface area contributed by atoms with Crippen molar-refractivity contribution in [2.75, 3.05) is 0 Å². The highest BCUT2D eigenvalue weighted by Crippen LogP contribution is 2.29. The Morgan fingerprint density at radius 2 is 1.56 bits per heavy atom. The number of hydrogen-bond donors (Lipinski definition) is 0. The summed E-state index contributed by atoms with van der Waals surface area (Å²) in [5.74, 6) is 0. The molecule has 0 atom stereocenters. The highest BCUT2D eigenvalue weighted by atomic mass is 15.3. The van der Waals surface area contributed by atoms with Crippen LogP contribution in [-0.4, -0.2) is 9.78 Å². The van der Waals surface area contributed by atoms with Crippen molar-refractivity contribution in [1.29, 1.82) is 0 Å². The molecule has 0 aliphatic rings. The maximum atomic E-state index is 4.78. The molecule has 1 heterocycles. The van der Waals surface area contributed by atoms with Crippen molar-refractivity contribution in [3.8, 4) is 11.3 Å². The highest BCUT2D eigenvalue weighted by Gasteiger charge is 2.12. The van der Waals surface area contributed by atoms with Gasteiger partial charge in [-0.05, 0) is 19.9 Å². The second kappa shape index (κ2) is 4.30. The van der Waals surface area contributed by atoms with Gasteiger partial charge in [-0.15, -0.1) is 0 Å². The Bertz CT molecular complexity index is 666. The molecule has 0 aliphatic carbocycles. The zero-order valence-electron chi connectivity index (χ0n) is 10.7. The van der Waals surface area contributed by atoms with Crippen LogP contribution in [0.25, 0.3) is 22.2 Å². The van der Waals surface area contributed by atoms with Gasteiger partial charge in [0.1, 0.15) is 5.69 Å². The summed E-state index contributed by atoms with van der Waals surface area (Å²) in [6, 6.07) is 19.1. The normalized spacial score (nSPS) is 11.3. The minimum atomic E-state index is 0.368. The van der Waals surface area contributed by atoms with Gasteiger partial charge >= 0.3 is 0 Å². The summed E-state index contributed by atoms with van der Waals surface area (Å²) in [7, 11) is 0. The summed E-state index contributed by atoms with van der Waals surface area (Å²) in [5, 5.41) is 6.00. The molecule has 18 heavy (non-hydrogen) atoms. The van der Waals surface area contributed by atoms with E-state index in [2.05, 4.69) is 67.1 Å². The first-order chi connectivity index (χ1) is 8.77. The van der Waals surface area contributed by atoms with Crippen LogP contribution in [0.1, 0.15) is 19.9 Å². The van der Waals surface area contributed by atoms with Crippen LogP contribution in [0.15, 0.2) is 54.6 Å². The van der Waals surface area contributed by atoms with E-state index >= 15 is 0 Å². The quantitative estimate of drug-likeness (QED) is 0.649. The Balaban J connectivity index is 2.31. The van der Waals surface area contributed by atoms with Gasteiger partial charge in [0.25, 0.3) is 0 Å². The Kier molecular flexibility index (Phi) is 2.63. The number of rotatable bonds is 2. The average Bonchev–Trinajstić information content (AvgIpc) is 2.79. The van der Waals surface area contributed by atoms with Gasteiger partial charge in [0.05, 0.1) is 5.52 Å². The van der Waals surface area contributed by atoms with Gasteiger partial charge in [-0.2, -0.15) is 5.10 Å². The zero-order valence-corrected chi connectivity index (χ0v) is 10.7. The molecule has 3 rings (SSSR count). The smallest absolute Gasteiger partial charge is 0.100 e. The SMILES string of the molecule is CC(C)n1nc(-c2ccccc2)c2ccccc21. The van der Waals surface area contributed by atoms with Crippen LogP contribution >= 0.6 is 0 Å². The van der Waals surface area contributed by atoms with E-state index in [1.54, 1.807) is 0 Å². The standard InChI is InChI=1S/C16H16N2/c1-12(2)18-15-11-7-6-10-14(15)16(17-18)13-8-4-3-5-9-13/h3-12H,1-2H3. The van der Waals surface area contributed by atoms with Crippen molar-refractivity contribution in [2.24, 2.45) is 0 Å². The Hall–Kier alpha value is -2.09. The van der Waals surface area contributed by atoms with Gasteiger partial charge in [0.2, 0.25) is 0 Å². The topological polar surface area (TPSA) is 17.8 Å². The van der Waals surface area contributed by atoms with E-state index in [-0.39, 0.29) is 0 Å². The van der Waals surface area contributed by atoms with Crippen LogP contribution in [0.2, 0.25) is 0 Å². The largest absolute Gasteiger partial charge is 0.262 e. The summed E-state index contributed by atoms with van der Waals surface area (Å²) in [4.78, 5) is 0. The Morgan fingerprint density at radius 1 is 0.889 bits per heavy atom. The second-order valence-corrected chi connectivity index (χ2v) is 4.77. The molecule has 0 saturated heterocycles. The summed E-state index contributed by atoms with van der Waals surface area (Å²) in [5.41, 5.74) is 3.44. The molecule has 0 radical (unpaired) electrons. The molecule has 90 valence electrons. The van der Waals surface area contributed by atoms with Crippen LogP contribution in [0, 0.1) is 0 Å². The maximum absolute atomic E-state index is 4.78. The van der Waals surface area contributed by atoms with E-state index in [4.69, 9.17) is 5.10 Å². The van der Waals surface area contributed by atoms with E-state index < -0.39 is 0 Å². The van der Waals surface area contributed by atoms with Crippen LogP contribution in [0.3, 0.4) is 0 Å². The first kappa shape index (κ1) is 11.0. The molecule has 1 aromatic heterocycles. The van der Waals surface area contributed by atoms with Crippen LogP contribution in [-0.2, 0) is 0 Å². The summed E-state index contributed by atoms with van der Waals surface area (Å²) in [6.07, 6.45) is 0. The van der Waals surface area contributed by atoms with Gasteiger partial charge in [-0.1, -0.05) is 48.5 Å². The molecular weight excluding hydrogens is 220 g/mol. The number of nitrogens with zero attached hydrogens (tertiary/aromatic N) is 2. The molecule has 0 saturated carbocycles. The van der Waals surface area contributed by atoms with Gasteiger partial charge < -0.3 is 0 Å². The lowest BCUT2D eigenvalue weighted by Crippen LogP contribution is -2.02. The first-order valence-electron chi connectivity index (χ1n) is 6.30. The lowest BCUT2D eigenvalue weighted by Gasteiger charge is -2.06. The molecule has 0 aliphatic heterocycles. The summed E-state index contributed by atoms with van der Waals surface area (Å²) < 4.78 is 2.09. The second-order valence-electron chi connectivity index (χ2n) is 4.77. The monoisotopic (exact) mass is 236 g/mol. The van der Waals surface area contributed by atoms with Gasteiger partial charge in [0.15, 0.2) is 0 Å². The van der Waals surface area contributed by atoms with Crippen LogP contribution in [0.5, 0.6) is 0 Å². The van der Waals surface area contributed by atoms with Crippen molar-refractivity contribution in [2.45, 2.75) is 19.9 Å². The third-order valence-corrected chi connectivity index (χ3v) is 3.15. The Labute approximate surface area is 107 Å². The fourth-order valence-electron chi connectivity index (χ4n) is 2.29. The van der Waals surface area contributed by atoms with E-state index in [9.17, 15) is 0 Å². The predicted molar refractivity (Wildman–Crippen MR) is 75.6 cm³/mol. The van der Waals surface area contributed by atoms with Gasteiger partial charge in [-0.3, -0.25) is 4.68 Å². The average molecular weight is 236 g/mol. The molecule has 0 bridgehead atoms. The van der Waals surface area contributed by atoms with Crippen molar-refractivity contribution >= 4 is 10.9 Å². The molecule has 0 amide bonds. The van der Waals surface area contributed by atoms with Crippen LogP contribution < -0.4 is 0 Å². The fourth-order valence-corrected chi connectivity index (χ4v) is 2.29. The molecule has 2 aromatic carbocycles. The van der Waals surface area contributed by atoms with E-state index in [0.717, 1.165) is 5.69 Å². The molecule has 2 nitrogen and oxygen atoms in total. The number of benzene rings is 2. The van der Waals surface area contributed by atoms with E-state index in [0.29, 0.717) is 6.04 Å². The molecule has 0 N–H and O–H groups in total. The lowest BCUT2D eigenvalue weighted by molar-refractivity contribution is 0.552. The molecule has 0 unspecified atom stereocenters. The molecule has 3 aromatic rings. The minimum absolute atomic E-state index is 0.368. The Morgan fingerprint density at radius 3 is 2.28 bits per heavy atom. The molecular formula is C16H16N2. The van der Waals surface area contributed by atoms with Crippen molar-refractivity contribution < 1.29 is 0 Å². The summed E-state index contributed by atoms with van der Waals surface area (Å²) >= 11 is 0. The molecule has 0 fully saturated rings. The fraction of sp³-hybridized carbons (Fsp3) is 0.188. The molecule has 0 spiro atoms. The van der Waals surface area contributed by atoms with Gasteiger partial charge in [-0.25, -0.2) is 0 Å². The third-order valence-electron chi connectivity index (χ3n) is 3.15. The zero-order chi connectivity index (χ0) is 12.5. The van der Waals surface area contributed by atoms with Gasteiger partial charge in [0, 0.05) is 17.0 Å².